The first kappa shape index (κ1) is 23.0. The number of methoxy groups -OCH3 is 1. The van der Waals surface area contributed by atoms with Gasteiger partial charge in [0.25, 0.3) is 0 Å². The van der Waals surface area contributed by atoms with Crippen LogP contribution in [0.1, 0.15) is 38.8 Å². The van der Waals surface area contributed by atoms with Crippen molar-refractivity contribution in [3.63, 3.8) is 0 Å². The Hall–Kier alpha value is -3.67. The molecule has 0 atom stereocenters. The van der Waals surface area contributed by atoms with Crippen LogP contribution in [0.15, 0.2) is 51.2 Å². The van der Waals surface area contributed by atoms with E-state index in [1.165, 1.54) is 25.3 Å². The molecule has 0 saturated heterocycles. The van der Waals surface area contributed by atoms with Crippen molar-refractivity contribution in [2.75, 3.05) is 7.11 Å². The molecule has 1 aromatic heterocycles. The molecule has 0 bridgehead atoms. The monoisotopic (exact) mass is 436 g/mol. The summed E-state index contributed by atoms with van der Waals surface area (Å²) in [5, 5.41) is 31.2. The zero-order valence-electron chi connectivity index (χ0n) is 18.9. The first-order valence-corrected chi connectivity index (χ1v) is 10.4. The first-order chi connectivity index (χ1) is 15.1. The van der Waals surface area contributed by atoms with Gasteiger partial charge in [0.2, 0.25) is 5.43 Å². The van der Waals surface area contributed by atoms with Crippen molar-refractivity contribution in [2.24, 2.45) is 5.92 Å². The summed E-state index contributed by atoms with van der Waals surface area (Å²) < 4.78 is 11.5. The Morgan fingerprint density at radius 1 is 1.16 bits per heavy atom. The lowest BCUT2D eigenvalue weighted by atomic mass is 9.98. The fraction of sp³-hybridized carbons (Fsp3) is 0.269. The van der Waals surface area contributed by atoms with Crippen LogP contribution in [-0.4, -0.2) is 22.4 Å². The Labute approximate surface area is 186 Å². The molecule has 32 heavy (non-hydrogen) atoms. The highest BCUT2D eigenvalue weighted by atomic mass is 16.5. The van der Waals surface area contributed by atoms with E-state index in [9.17, 15) is 20.1 Å². The minimum Gasteiger partial charge on any atom is -0.508 e. The normalized spacial score (nSPS) is 11.4. The van der Waals surface area contributed by atoms with Crippen LogP contribution in [0.5, 0.6) is 23.0 Å². The molecule has 1 heterocycles. The molecule has 0 unspecified atom stereocenters. The highest BCUT2D eigenvalue weighted by Gasteiger charge is 2.23. The van der Waals surface area contributed by atoms with Crippen molar-refractivity contribution in [1.82, 2.24) is 0 Å². The fourth-order valence-corrected chi connectivity index (χ4v) is 3.40. The first-order valence-electron chi connectivity index (χ1n) is 10.4. The molecule has 0 spiro atoms. The zero-order valence-corrected chi connectivity index (χ0v) is 18.9. The van der Waals surface area contributed by atoms with Gasteiger partial charge < -0.3 is 24.5 Å². The average molecular weight is 437 g/mol. The van der Waals surface area contributed by atoms with Gasteiger partial charge in [-0.2, -0.15) is 0 Å². The van der Waals surface area contributed by atoms with E-state index in [1.807, 2.05) is 39.8 Å². The van der Waals surface area contributed by atoms with Crippen molar-refractivity contribution in [3.8, 4) is 34.3 Å². The van der Waals surface area contributed by atoms with E-state index in [-0.39, 0.29) is 51.9 Å². The Morgan fingerprint density at radius 2 is 1.88 bits per heavy atom. The third-order valence-electron chi connectivity index (χ3n) is 5.06. The Kier molecular flexibility index (Phi) is 6.63. The van der Waals surface area contributed by atoms with Crippen LogP contribution in [0.2, 0.25) is 0 Å². The van der Waals surface area contributed by atoms with E-state index in [1.54, 1.807) is 12.1 Å². The molecule has 0 fully saturated rings. The number of benzene rings is 2. The molecule has 0 aliphatic heterocycles. The van der Waals surface area contributed by atoms with Crippen LogP contribution in [0.3, 0.4) is 0 Å². The zero-order chi connectivity index (χ0) is 23.6. The summed E-state index contributed by atoms with van der Waals surface area (Å²) in [5.74, 6) is 0.260. The van der Waals surface area contributed by atoms with Crippen molar-refractivity contribution in [2.45, 2.75) is 34.1 Å². The van der Waals surface area contributed by atoms with Gasteiger partial charge >= 0.3 is 0 Å². The van der Waals surface area contributed by atoms with E-state index >= 15 is 0 Å². The van der Waals surface area contributed by atoms with Crippen molar-refractivity contribution in [1.29, 1.82) is 0 Å². The van der Waals surface area contributed by atoms with Gasteiger partial charge in [-0.3, -0.25) is 4.79 Å². The summed E-state index contributed by atoms with van der Waals surface area (Å²) in [5.41, 5.74) is 1.65. The highest BCUT2D eigenvalue weighted by molar-refractivity contribution is 5.92. The van der Waals surface area contributed by atoms with Crippen LogP contribution in [-0.2, 0) is 6.42 Å². The molecule has 3 N–H and O–H groups in total. The second-order valence-corrected chi connectivity index (χ2v) is 8.24. The quantitative estimate of drug-likeness (QED) is 0.425. The number of fused-ring (bicyclic) bond motifs is 1. The predicted molar refractivity (Wildman–Crippen MR) is 126 cm³/mol. The van der Waals surface area contributed by atoms with Gasteiger partial charge in [-0.1, -0.05) is 37.6 Å². The largest absolute Gasteiger partial charge is 0.508 e. The fourth-order valence-electron chi connectivity index (χ4n) is 3.40. The van der Waals surface area contributed by atoms with Crippen molar-refractivity contribution < 1.29 is 24.5 Å². The molecular weight excluding hydrogens is 408 g/mol. The highest BCUT2D eigenvalue weighted by Crippen LogP contribution is 2.40. The number of hydrogen-bond donors (Lipinski definition) is 3. The van der Waals surface area contributed by atoms with Crippen LogP contribution in [0.25, 0.3) is 28.4 Å². The van der Waals surface area contributed by atoms with E-state index in [4.69, 9.17) is 9.15 Å². The number of phenols is 3. The molecular formula is C26H28O6. The average Bonchev–Trinajstić information content (AvgIpc) is 2.71. The lowest BCUT2D eigenvalue weighted by Crippen LogP contribution is -2.12. The topological polar surface area (TPSA) is 100 Å². The molecule has 0 amide bonds. The minimum absolute atomic E-state index is 0.00450. The number of aromatic hydroxyl groups is 3. The van der Waals surface area contributed by atoms with Gasteiger partial charge in [0, 0.05) is 17.7 Å². The number of ether oxygens (including phenoxy) is 1. The molecule has 3 aromatic rings. The summed E-state index contributed by atoms with van der Waals surface area (Å²) in [4.78, 5) is 13.6. The molecule has 0 saturated carbocycles. The second kappa shape index (κ2) is 9.22. The van der Waals surface area contributed by atoms with Crippen molar-refractivity contribution in [3.05, 3.63) is 63.3 Å². The van der Waals surface area contributed by atoms with Crippen LogP contribution < -0.4 is 10.2 Å². The number of hydrogen-bond acceptors (Lipinski definition) is 6. The molecule has 168 valence electrons. The Bertz CT molecular complexity index is 1270. The lowest BCUT2D eigenvalue weighted by Gasteiger charge is -2.14. The van der Waals surface area contributed by atoms with Crippen LogP contribution >= 0.6 is 0 Å². The Morgan fingerprint density at radius 3 is 2.50 bits per heavy atom. The third kappa shape index (κ3) is 4.49. The van der Waals surface area contributed by atoms with Gasteiger partial charge in [-0.05, 0) is 38.3 Å². The molecule has 0 aliphatic carbocycles. The summed E-state index contributed by atoms with van der Waals surface area (Å²) in [6.07, 6.45) is 5.59. The van der Waals surface area contributed by atoms with E-state index < -0.39 is 5.43 Å². The standard InChI is InChI=1S/C26H28O6/c1-14(2)6-9-17-20(28)13-22-23(24(17)29)25(30)19(10-7-15(3)4)26(32-22)18-11-8-16(27)12-21(18)31-5/h6-9,11-14,27-29H,10H2,1-5H3/b9-6+. The van der Waals surface area contributed by atoms with Gasteiger partial charge in [0.05, 0.1) is 18.2 Å². The van der Waals surface area contributed by atoms with Gasteiger partial charge in [0.1, 0.15) is 39.7 Å². The number of rotatable bonds is 6. The van der Waals surface area contributed by atoms with Gasteiger partial charge in [0.15, 0.2) is 0 Å². The minimum atomic E-state index is -0.398. The van der Waals surface area contributed by atoms with E-state index in [2.05, 4.69) is 0 Å². The Balaban J connectivity index is 2.41. The maximum Gasteiger partial charge on any atom is 0.200 e. The predicted octanol–water partition coefficient (Wildman–Crippen LogP) is 5.76. The molecule has 0 aliphatic rings. The van der Waals surface area contributed by atoms with Gasteiger partial charge in [-0.25, -0.2) is 0 Å². The summed E-state index contributed by atoms with van der Waals surface area (Å²) in [7, 11) is 1.46. The molecule has 0 radical (unpaired) electrons. The third-order valence-corrected chi connectivity index (χ3v) is 5.06. The summed E-state index contributed by atoms with van der Waals surface area (Å²) >= 11 is 0. The van der Waals surface area contributed by atoms with Gasteiger partial charge in [-0.15, -0.1) is 0 Å². The van der Waals surface area contributed by atoms with E-state index in [0.717, 1.165) is 5.57 Å². The van der Waals surface area contributed by atoms with E-state index in [0.29, 0.717) is 16.9 Å². The molecule has 2 aromatic carbocycles. The second-order valence-electron chi connectivity index (χ2n) is 8.24. The molecule has 3 rings (SSSR count). The smallest absolute Gasteiger partial charge is 0.200 e. The number of phenolic OH excluding ortho intramolecular Hbond substituents is 3. The van der Waals surface area contributed by atoms with Crippen molar-refractivity contribution >= 4 is 17.0 Å². The lowest BCUT2D eigenvalue weighted by molar-refractivity contribution is 0.407. The maximum atomic E-state index is 13.6. The SMILES string of the molecule is COc1cc(O)ccc1-c1oc2cc(O)c(/C=C/C(C)C)c(O)c2c(=O)c1CC=C(C)C. The molecule has 6 nitrogen and oxygen atoms in total. The summed E-state index contributed by atoms with van der Waals surface area (Å²) in [6, 6.07) is 5.84. The molecule has 6 heteroatoms. The summed E-state index contributed by atoms with van der Waals surface area (Å²) in [6.45, 7) is 7.78. The maximum absolute atomic E-state index is 13.6. The van der Waals surface area contributed by atoms with Crippen LogP contribution in [0, 0.1) is 5.92 Å². The number of allylic oxidation sites excluding steroid dienone is 3. The van der Waals surface area contributed by atoms with Crippen LogP contribution in [0.4, 0.5) is 0 Å².